The molecule has 1 fully saturated rings. The Morgan fingerprint density at radius 3 is 2.76 bits per heavy atom. The Bertz CT molecular complexity index is 655. The van der Waals surface area contributed by atoms with Crippen molar-refractivity contribution >= 4 is 11.6 Å². The highest BCUT2D eigenvalue weighted by Gasteiger charge is 2.21. The molecule has 0 aromatic heterocycles. The van der Waals surface area contributed by atoms with Crippen LogP contribution in [0, 0.1) is 5.82 Å². The van der Waals surface area contributed by atoms with Crippen molar-refractivity contribution in [1.29, 1.82) is 0 Å². The lowest BCUT2D eigenvalue weighted by Gasteiger charge is -2.13. The Morgan fingerprint density at radius 1 is 1.24 bits per heavy atom. The third-order valence-electron chi connectivity index (χ3n) is 3.70. The number of nitrogens with one attached hydrogen (secondary N) is 1. The highest BCUT2D eigenvalue weighted by atomic mass is 35.5. The van der Waals surface area contributed by atoms with Gasteiger partial charge in [-0.1, -0.05) is 29.8 Å². The van der Waals surface area contributed by atoms with Crippen molar-refractivity contribution in [3.8, 4) is 16.9 Å². The molecule has 3 rings (SSSR count). The molecule has 0 heterocycles. The number of rotatable bonds is 5. The number of hydrogen-bond acceptors (Lipinski definition) is 2. The standard InChI is InChI=1S/C17H17ClFNO/c1-21-16-4-2-3-14(17(16)19)15-9-12(18)6-5-11(15)10-20-13-7-8-13/h2-6,9,13,20H,7-8,10H2,1H3. The normalized spacial score (nSPS) is 14.2. The van der Waals surface area contributed by atoms with Gasteiger partial charge in [0.2, 0.25) is 0 Å². The van der Waals surface area contributed by atoms with Gasteiger partial charge >= 0.3 is 0 Å². The molecule has 1 aliphatic carbocycles. The van der Waals surface area contributed by atoms with Gasteiger partial charge in [0.15, 0.2) is 11.6 Å². The predicted molar refractivity (Wildman–Crippen MR) is 83.3 cm³/mol. The molecule has 0 bridgehead atoms. The van der Waals surface area contributed by atoms with Crippen LogP contribution in [0.15, 0.2) is 36.4 Å². The van der Waals surface area contributed by atoms with Crippen LogP contribution in [-0.2, 0) is 6.54 Å². The fourth-order valence-corrected chi connectivity index (χ4v) is 2.54. The minimum absolute atomic E-state index is 0.244. The van der Waals surface area contributed by atoms with Crippen LogP contribution >= 0.6 is 11.6 Å². The van der Waals surface area contributed by atoms with Crippen molar-refractivity contribution in [3.63, 3.8) is 0 Å². The summed E-state index contributed by atoms with van der Waals surface area (Å²) in [5.41, 5.74) is 2.37. The summed E-state index contributed by atoms with van der Waals surface area (Å²) in [5, 5.41) is 4.05. The van der Waals surface area contributed by atoms with E-state index in [9.17, 15) is 4.39 Å². The van der Waals surface area contributed by atoms with E-state index in [1.807, 2.05) is 18.2 Å². The maximum atomic E-state index is 14.5. The lowest BCUT2D eigenvalue weighted by atomic mass is 9.98. The van der Waals surface area contributed by atoms with Gasteiger partial charge in [-0.3, -0.25) is 0 Å². The first-order valence-electron chi connectivity index (χ1n) is 7.03. The van der Waals surface area contributed by atoms with E-state index in [0.29, 0.717) is 23.2 Å². The average Bonchev–Trinajstić information content (AvgIpc) is 3.30. The zero-order valence-electron chi connectivity index (χ0n) is 11.8. The van der Waals surface area contributed by atoms with Crippen molar-refractivity contribution in [1.82, 2.24) is 5.32 Å². The fourth-order valence-electron chi connectivity index (χ4n) is 2.37. The molecule has 0 spiro atoms. The summed E-state index contributed by atoms with van der Waals surface area (Å²) in [5.74, 6) is -0.108. The smallest absolute Gasteiger partial charge is 0.172 e. The summed E-state index contributed by atoms with van der Waals surface area (Å²) >= 11 is 6.09. The second kappa shape index (κ2) is 6.04. The molecule has 2 nitrogen and oxygen atoms in total. The van der Waals surface area contributed by atoms with Crippen molar-refractivity contribution in [2.24, 2.45) is 0 Å². The van der Waals surface area contributed by atoms with E-state index >= 15 is 0 Å². The molecule has 4 heteroatoms. The summed E-state index contributed by atoms with van der Waals surface area (Å²) in [6, 6.07) is 11.4. The Balaban J connectivity index is 2.01. The zero-order chi connectivity index (χ0) is 14.8. The maximum absolute atomic E-state index is 14.5. The molecule has 2 aromatic carbocycles. The van der Waals surface area contributed by atoms with Crippen LogP contribution in [0.1, 0.15) is 18.4 Å². The molecule has 0 radical (unpaired) electrons. The molecule has 0 atom stereocenters. The van der Waals surface area contributed by atoms with E-state index in [-0.39, 0.29) is 11.6 Å². The van der Waals surface area contributed by atoms with Gasteiger partial charge in [-0.05, 0) is 42.2 Å². The number of methoxy groups -OCH3 is 1. The largest absolute Gasteiger partial charge is 0.494 e. The predicted octanol–water partition coefficient (Wildman–Crippen LogP) is 4.41. The molecule has 1 aliphatic rings. The molecule has 1 saturated carbocycles. The van der Waals surface area contributed by atoms with E-state index in [1.165, 1.54) is 20.0 Å². The van der Waals surface area contributed by atoms with Crippen LogP contribution in [0.5, 0.6) is 5.75 Å². The summed E-state index contributed by atoms with van der Waals surface area (Å²) in [4.78, 5) is 0. The molecular weight excluding hydrogens is 289 g/mol. The highest BCUT2D eigenvalue weighted by Crippen LogP contribution is 2.33. The van der Waals surface area contributed by atoms with Gasteiger partial charge in [-0.15, -0.1) is 0 Å². The van der Waals surface area contributed by atoms with E-state index < -0.39 is 0 Å². The summed E-state index contributed by atoms with van der Waals surface area (Å²) < 4.78 is 19.6. The summed E-state index contributed by atoms with van der Waals surface area (Å²) in [6.07, 6.45) is 2.44. The van der Waals surface area contributed by atoms with Crippen molar-refractivity contribution in [2.75, 3.05) is 7.11 Å². The van der Waals surface area contributed by atoms with Crippen molar-refractivity contribution in [3.05, 3.63) is 52.8 Å². The minimum atomic E-state index is -0.352. The Labute approximate surface area is 128 Å². The van der Waals surface area contributed by atoms with E-state index in [1.54, 1.807) is 18.2 Å². The first-order chi connectivity index (χ1) is 10.2. The van der Waals surface area contributed by atoms with Crippen molar-refractivity contribution < 1.29 is 9.13 Å². The lowest BCUT2D eigenvalue weighted by molar-refractivity contribution is 0.387. The molecule has 110 valence electrons. The van der Waals surface area contributed by atoms with Gasteiger partial charge in [0, 0.05) is 23.2 Å². The molecule has 0 amide bonds. The highest BCUT2D eigenvalue weighted by molar-refractivity contribution is 6.30. The Hall–Kier alpha value is -1.58. The van der Waals surface area contributed by atoms with Crippen LogP contribution in [0.2, 0.25) is 5.02 Å². The average molecular weight is 306 g/mol. The number of hydrogen-bond donors (Lipinski definition) is 1. The number of benzene rings is 2. The second-order valence-electron chi connectivity index (χ2n) is 5.28. The summed E-state index contributed by atoms with van der Waals surface area (Å²) in [7, 11) is 1.47. The van der Waals surface area contributed by atoms with Crippen LogP contribution in [0.25, 0.3) is 11.1 Å². The van der Waals surface area contributed by atoms with Crippen molar-refractivity contribution in [2.45, 2.75) is 25.4 Å². The van der Waals surface area contributed by atoms with Gasteiger partial charge in [0.1, 0.15) is 0 Å². The van der Waals surface area contributed by atoms with Gasteiger partial charge in [0.05, 0.1) is 7.11 Å². The maximum Gasteiger partial charge on any atom is 0.172 e. The van der Waals surface area contributed by atoms with Crippen LogP contribution in [0.3, 0.4) is 0 Å². The molecule has 0 aliphatic heterocycles. The topological polar surface area (TPSA) is 21.3 Å². The van der Waals surface area contributed by atoms with Crippen LogP contribution in [-0.4, -0.2) is 13.2 Å². The van der Waals surface area contributed by atoms with E-state index in [2.05, 4.69) is 5.32 Å². The third-order valence-corrected chi connectivity index (χ3v) is 3.94. The molecular formula is C17H17ClFNO. The first-order valence-corrected chi connectivity index (χ1v) is 7.41. The summed E-state index contributed by atoms with van der Waals surface area (Å²) in [6.45, 7) is 0.716. The van der Waals surface area contributed by atoms with Crippen LogP contribution < -0.4 is 10.1 Å². The molecule has 2 aromatic rings. The fraction of sp³-hybridized carbons (Fsp3) is 0.294. The van der Waals surface area contributed by atoms with Gasteiger partial charge < -0.3 is 10.1 Å². The quantitative estimate of drug-likeness (QED) is 0.883. The van der Waals surface area contributed by atoms with Gasteiger partial charge in [-0.2, -0.15) is 0 Å². The molecule has 21 heavy (non-hydrogen) atoms. The monoisotopic (exact) mass is 305 g/mol. The number of halogens is 2. The zero-order valence-corrected chi connectivity index (χ0v) is 12.6. The van der Waals surface area contributed by atoms with Gasteiger partial charge in [0.25, 0.3) is 0 Å². The lowest BCUT2D eigenvalue weighted by Crippen LogP contribution is -2.16. The number of ether oxygens (including phenoxy) is 1. The third kappa shape index (κ3) is 3.20. The minimum Gasteiger partial charge on any atom is -0.494 e. The molecule has 1 N–H and O–H groups in total. The van der Waals surface area contributed by atoms with Crippen LogP contribution in [0.4, 0.5) is 4.39 Å². The molecule has 0 saturated heterocycles. The second-order valence-corrected chi connectivity index (χ2v) is 5.71. The van der Waals surface area contributed by atoms with E-state index in [4.69, 9.17) is 16.3 Å². The Kier molecular flexibility index (Phi) is 4.13. The first kappa shape index (κ1) is 14.4. The van der Waals surface area contributed by atoms with Gasteiger partial charge in [-0.25, -0.2) is 4.39 Å². The van der Waals surface area contributed by atoms with E-state index in [0.717, 1.165) is 11.1 Å². The molecule has 0 unspecified atom stereocenters. The Morgan fingerprint density at radius 2 is 2.05 bits per heavy atom. The SMILES string of the molecule is COc1cccc(-c2cc(Cl)ccc2CNC2CC2)c1F.